The van der Waals surface area contributed by atoms with Crippen LogP contribution in [0.1, 0.15) is 59.4 Å². The molecule has 186 valence electrons. The monoisotopic (exact) mass is 498 g/mol. The summed E-state index contributed by atoms with van der Waals surface area (Å²) in [6.07, 6.45) is 5.88. The lowest BCUT2D eigenvalue weighted by molar-refractivity contribution is -0.116. The number of aryl methyl sites for hydroxylation is 2. The maximum atomic E-state index is 12.9. The molecule has 1 aliphatic heterocycles. The fraction of sp³-hybridized carbons (Fsp3) is 0.417. The van der Waals surface area contributed by atoms with Crippen molar-refractivity contribution in [2.24, 2.45) is 5.73 Å². The minimum atomic E-state index is -3.53. The largest absolute Gasteiger partial charge is 0.365 e. The summed E-state index contributed by atoms with van der Waals surface area (Å²) in [5, 5.41) is 7.03. The predicted molar refractivity (Wildman–Crippen MR) is 132 cm³/mol. The van der Waals surface area contributed by atoms with E-state index in [0.29, 0.717) is 36.5 Å². The maximum absolute atomic E-state index is 12.9. The van der Waals surface area contributed by atoms with E-state index in [0.717, 1.165) is 36.9 Å². The van der Waals surface area contributed by atoms with E-state index in [-0.39, 0.29) is 22.8 Å². The molecule has 1 fully saturated rings. The van der Waals surface area contributed by atoms with Crippen molar-refractivity contribution in [1.82, 2.24) is 18.9 Å². The van der Waals surface area contributed by atoms with Crippen molar-refractivity contribution in [3.63, 3.8) is 0 Å². The van der Waals surface area contributed by atoms with Crippen molar-refractivity contribution in [3.8, 4) is 0 Å². The Morgan fingerprint density at radius 2 is 1.71 bits per heavy atom. The number of sulfonamides is 1. The highest BCUT2D eigenvalue weighted by Gasteiger charge is 2.25. The molecular formula is C24H30N6O4S. The maximum Gasteiger partial charge on any atom is 0.254 e. The van der Waals surface area contributed by atoms with Crippen LogP contribution in [0.4, 0.5) is 5.69 Å². The second-order valence-electron chi connectivity index (χ2n) is 8.81. The average molecular weight is 499 g/mol. The molecule has 1 aliphatic rings. The zero-order chi connectivity index (χ0) is 25.2. The standard InChI is InChI=1S/C24H30N6O4S/c1-16-20(17(2)30-24(27-16)21(15-26-30)23(25)32)11-12-22(31)28-18-7-9-19(10-8-18)35(33,34)29-13-5-3-4-6-14-29/h7-10,15H,3-6,11-14H2,1-2H3,(H2,25,32)(H,28,31). The van der Waals surface area contributed by atoms with Crippen molar-refractivity contribution in [3.05, 3.63) is 53.0 Å². The van der Waals surface area contributed by atoms with Crippen LogP contribution < -0.4 is 11.1 Å². The zero-order valence-corrected chi connectivity index (χ0v) is 20.8. The van der Waals surface area contributed by atoms with Gasteiger partial charge in [0.15, 0.2) is 5.65 Å². The Hall–Kier alpha value is -3.31. The van der Waals surface area contributed by atoms with Crippen LogP contribution in [-0.4, -0.2) is 52.2 Å². The lowest BCUT2D eigenvalue weighted by Crippen LogP contribution is -2.31. The number of anilines is 1. The van der Waals surface area contributed by atoms with E-state index in [9.17, 15) is 18.0 Å². The molecule has 0 radical (unpaired) electrons. The van der Waals surface area contributed by atoms with Gasteiger partial charge in [-0.2, -0.15) is 9.40 Å². The summed E-state index contributed by atoms with van der Waals surface area (Å²) in [5.41, 5.74) is 8.93. The smallest absolute Gasteiger partial charge is 0.254 e. The number of benzene rings is 1. The number of nitrogens with one attached hydrogen (secondary N) is 1. The van der Waals surface area contributed by atoms with E-state index < -0.39 is 15.9 Å². The van der Waals surface area contributed by atoms with Crippen LogP contribution in [0.15, 0.2) is 35.4 Å². The lowest BCUT2D eigenvalue weighted by atomic mass is 10.1. The number of hydrogen-bond donors (Lipinski definition) is 2. The molecule has 4 rings (SSSR count). The Morgan fingerprint density at radius 1 is 1.06 bits per heavy atom. The first-order valence-electron chi connectivity index (χ1n) is 11.7. The number of carbonyl (C=O) groups is 2. The number of nitrogens with two attached hydrogens (primary N) is 1. The Labute approximate surface area is 204 Å². The summed E-state index contributed by atoms with van der Waals surface area (Å²) < 4.78 is 29.0. The predicted octanol–water partition coefficient (Wildman–Crippen LogP) is 2.58. The number of hydrogen-bond acceptors (Lipinski definition) is 6. The van der Waals surface area contributed by atoms with E-state index in [4.69, 9.17) is 5.73 Å². The highest BCUT2D eigenvalue weighted by molar-refractivity contribution is 7.89. The summed E-state index contributed by atoms with van der Waals surface area (Å²) in [6, 6.07) is 6.30. The summed E-state index contributed by atoms with van der Waals surface area (Å²) >= 11 is 0. The first-order chi connectivity index (χ1) is 16.7. The zero-order valence-electron chi connectivity index (χ0n) is 20.0. The van der Waals surface area contributed by atoms with Gasteiger partial charge in [0.2, 0.25) is 15.9 Å². The Morgan fingerprint density at radius 3 is 2.34 bits per heavy atom. The van der Waals surface area contributed by atoms with Crippen molar-refractivity contribution in [2.45, 2.75) is 57.3 Å². The van der Waals surface area contributed by atoms with Gasteiger partial charge in [0.1, 0.15) is 5.56 Å². The first kappa shape index (κ1) is 24.8. The number of aromatic nitrogens is 3. The second-order valence-corrected chi connectivity index (χ2v) is 10.7. The molecule has 1 saturated heterocycles. The SMILES string of the molecule is Cc1nc2c(C(N)=O)cnn2c(C)c1CCC(=O)Nc1ccc(S(=O)(=O)N2CCCCCC2)cc1. The number of rotatable bonds is 7. The highest BCUT2D eigenvalue weighted by Crippen LogP contribution is 2.22. The van der Waals surface area contributed by atoms with E-state index in [1.54, 1.807) is 21.0 Å². The minimum absolute atomic E-state index is 0.201. The van der Waals surface area contributed by atoms with Crippen molar-refractivity contribution in [1.29, 1.82) is 0 Å². The molecule has 1 aromatic carbocycles. The van der Waals surface area contributed by atoms with Gasteiger partial charge in [0.25, 0.3) is 5.91 Å². The van der Waals surface area contributed by atoms with E-state index in [1.807, 2.05) is 13.8 Å². The molecule has 0 bridgehead atoms. The topological polar surface area (TPSA) is 140 Å². The second kappa shape index (κ2) is 10.1. The molecule has 3 N–H and O–H groups in total. The van der Waals surface area contributed by atoms with Crippen LogP contribution in [0.3, 0.4) is 0 Å². The Kier molecular flexibility index (Phi) is 7.18. The van der Waals surface area contributed by atoms with Crippen molar-refractivity contribution >= 4 is 33.2 Å². The summed E-state index contributed by atoms with van der Waals surface area (Å²) in [4.78, 5) is 28.9. The Balaban J connectivity index is 1.41. The van der Waals surface area contributed by atoms with Gasteiger partial charge >= 0.3 is 0 Å². The van der Waals surface area contributed by atoms with Crippen LogP contribution in [0, 0.1) is 13.8 Å². The van der Waals surface area contributed by atoms with Gasteiger partial charge in [-0.25, -0.2) is 17.9 Å². The molecule has 2 amide bonds. The van der Waals surface area contributed by atoms with Gasteiger partial charge in [0.05, 0.1) is 11.1 Å². The summed E-state index contributed by atoms with van der Waals surface area (Å²) in [6.45, 7) is 4.77. The molecule has 2 aromatic heterocycles. The lowest BCUT2D eigenvalue weighted by Gasteiger charge is -2.20. The number of fused-ring (bicyclic) bond motifs is 1. The van der Waals surface area contributed by atoms with Gasteiger partial charge in [-0.3, -0.25) is 9.59 Å². The van der Waals surface area contributed by atoms with Crippen LogP contribution in [-0.2, 0) is 21.2 Å². The average Bonchev–Trinajstić information content (AvgIpc) is 3.04. The molecule has 0 atom stereocenters. The number of amides is 2. The third kappa shape index (κ3) is 5.20. The molecule has 0 spiro atoms. The normalized spacial score (nSPS) is 15.1. The van der Waals surface area contributed by atoms with Gasteiger partial charge < -0.3 is 11.1 Å². The minimum Gasteiger partial charge on any atom is -0.365 e. The quantitative estimate of drug-likeness (QED) is 0.513. The summed E-state index contributed by atoms with van der Waals surface area (Å²) in [7, 11) is -3.53. The van der Waals surface area contributed by atoms with E-state index >= 15 is 0 Å². The molecule has 0 saturated carbocycles. The molecule has 0 aliphatic carbocycles. The van der Waals surface area contributed by atoms with Crippen molar-refractivity contribution in [2.75, 3.05) is 18.4 Å². The van der Waals surface area contributed by atoms with E-state index in [1.165, 1.54) is 18.3 Å². The molecule has 11 heteroatoms. The fourth-order valence-corrected chi connectivity index (χ4v) is 5.97. The fourth-order valence-electron chi connectivity index (χ4n) is 4.45. The van der Waals surface area contributed by atoms with Crippen LogP contribution >= 0.6 is 0 Å². The van der Waals surface area contributed by atoms with Gasteiger partial charge in [-0.05, 0) is 62.9 Å². The number of nitrogens with zero attached hydrogens (tertiary/aromatic N) is 4. The Bertz CT molecular complexity index is 1360. The third-order valence-electron chi connectivity index (χ3n) is 6.42. The van der Waals surface area contributed by atoms with Crippen LogP contribution in [0.5, 0.6) is 0 Å². The van der Waals surface area contributed by atoms with Crippen LogP contribution in [0.25, 0.3) is 5.65 Å². The number of carbonyl (C=O) groups excluding carboxylic acids is 2. The number of primary amides is 1. The molecule has 35 heavy (non-hydrogen) atoms. The third-order valence-corrected chi connectivity index (χ3v) is 8.33. The van der Waals surface area contributed by atoms with Gasteiger partial charge in [-0.1, -0.05) is 12.8 Å². The first-order valence-corrected chi connectivity index (χ1v) is 13.2. The highest BCUT2D eigenvalue weighted by atomic mass is 32.2. The molecule has 3 heterocycles. The molecule has 10 nitrogen and oxygen atoms in total. The van der Waals surface area contributed by atoms with Gasteiger partial charge in [-0.15, -0.1) is 0 Å². The summed E-state index contributed by atoms with van der Waals surface area (Å²) in [5.74, 6) is -0.797. The van der Waals surface area contributed by atoms with Crippen molar-refractivity contribution < 1.29 is 18.0 Å². The molecular weight excluding hydrogens is 468 g/mol. The van der Waals surface area contributed by atoms with E-state index in [2.05, 4.69) is 15.4 Å². The van der Waals surface area contributed by atoms with Gasteiger partial charge in [0, 0.05) is 36.6 Å². The molecule has 0 unspecified atom stereocenters. The van der Waals surface area contributed by atoms with Crippen LogP contribution in [0.2, 0.25) is 0 Å². The molecule has 3 aromatic rings.